The van der Waals surface area contributed by atoms with Crippen LogP contribution in [0.1, 0.15) is 26.5 Å². The van der Waals surface area contributed by atoms with Crippen LogP contribution in [0, 0.1) is 0 Å². The second-order valence-corrected chi connectivity index (χ2v) is 7.41. The van der Waals surface area contributed by atoms with E-state index in [0.29, 0.717) is 10.4 Å². The van der Waals surface area contributed by atoms with Crippen LogP contribution in [-0.2, 0) is 15.3 Å². The summed E-state index contributed by atoms with van der Waals surface area (Å²) in [5, 5.41) is 0.942. The second kappa shape index (κ2) is 3.60. The SMILES string of the molecule is CC(C)(C)c1cc2cccc(S(C)(=O)=O)c2[nH]1. The van der Waals surface area contributed by atoms with Gasteiger partial charge in [-0.15, -0.1) is 0 Å². The minimum atomic E-state index is -3.19. The highest BCUT2D eigenvalue weighted by atomic mass is 32.2. The topological polar surface area (TPSA) is 49.9 Å². The molecule has 0 saturated heterocycles. The Kier molecular flexibility index (Phi) is 2.58. The molecule has 1 heterocycles. The average Bonchev–Trinajstić information content (AvgIpc) is 2.57. The molecular formula is C13H17NO2S. The Labute approximate surface area is 102 Å². The Hall–Kier alpha value is -1.29. The number of sulfone groups is 1. The van der Waals surface area contributed by atoms with E-state index in [-0.39, 0.29) is 5.41 Å². The van der Waals surface area contributed by atoms with E-state index < -0.39 is 9.84 Å². The lowest BCUT2D eigenvalue weighted by Gasteiger charge is -2.15. The van der Waals surface area contributed by atoms with E-state index in [0.717, 1.165) is 11.1 Å². The lowest BCUT2D eigenvalue weighted by atomic mass is 9.92. The van der Waals surface area contributed by atoms with E-state index in [4.69, 9.17) is 0 Å². The number of para-hydroxylation sites is 1. The predicted molar refractivity (Wildman–Crippen MR) is 70.1 cm³/mol. The highest BCUT2D eigenvalue weighted by molar-refractivity contribution is 7.91. The van der Waals surface area contributed by atoms with Crippen molar-refractivity contribution in [2.24, 2.45) is 0 Å². The van der Waals surface area contributed by atoms with Crippen molar-refractivity contribution in [3.8, 4) is 0 Å². The fourth-order valence-corrected chi connectivity index (χ4v) is 2.71. The van der Waals surface area contributed by atoms with Crippen molar-refractivity contribution in [3.63, 3.8) is 0 Å². The summed E-state index contributed by atoms with van der Waals surface area (Å²) in [6.07, 6.45) is 1.24. The Morgan fingerprint density at radius 1 is 1.18 bits per heavy atom. The molecule has 2 aromatic rings. The quantitative estimate of drug-likeness (QED) is 0.847. The van der Waals surface area contributed by atoms with Gasteiger partial charge in [-0.3, -0.25) is 0 Å². The molecular weight excluding hydrogens is 234 g/mol. The Bertz CT molecular complexity index is 660. The number of hydrogen-bond donors (Lipinski definition) is 1. The highest BCUT2D eigenvalue weighted by Crippen LogP contribution is 2.29. The van der Waals surface area contributed by atoms with Crippen molar-refractivity contribution in [2.75, 3.05) is 6.26 Å². The largest absolute Gasteiger partial charge is 0.357 e. The number of benzene rings is 1. The van der Waals surface area contributed by atoms with Gasteiger partial charge in [0.15, 0.2) is 9.84 Å². The number of fused-ring (bicyclic) bond motifs is 1. The predicted octanol–water partition coefficient (Wildman–Crippen LogP) is 2.87. The van der Waals surface area contributed by atoms with Crippen molar-refractivity contribution >= 4 is 20.7 Å². The normalized spacial score (nSPS) is 13.2. The van der Waals surface area contributed by atoms with E-state index in [1.807, 2.05) is 12.1 Å². The van der Waals surface area contributed by atoms with Crippen LogP contribution in [0.3, 0.4) is 0 Å². The third-order valence-electron chi connectivity index (χ3n) is 2.83. The molecule has 0 unspecified atom stereocenters. The van der Waals surface area contributed by atoms with Crippen LogP contribution in [0.15, 0.2) is 29.2 Å². The molecule has 92 valence electrons. The van der Waals surface area contributed by atoms with Crippen molar-refractivity contribution in [1.29, 1.82) is 0 Å². The van der Waals surface area contributed by atoms with Gasteiger partial charge in [-0.25, -0.2) is 8.42 Å². The first-order valence-electron chi connectivity index (χ1n) is 5.52. The Morgan fingerprint density at radius 3 is 2.35 bits per heavy atom. The van der Waals surface area contributed by atoms with E-state index in [9.17, 15) is 8.42 Å². The molecule has 1 aromatic carbocycles. The van der Waals surface area contributed by atoms with Crippen molar-refractivity contribution in [3.05, 3.63) is 30.0 Å². The maximum absolute atomic E-state index is 11.7. The summed E-state index contributed by atoms with van der Waals surface area (Å²) in [6, 6.07) is 7.36. The van der Waals surface area contributed by atoms with Crippen molar-refractivity contribution < 1.29 is 8.42 Å². The van der Waals surface area contributed by atoms with Gasteiger partial charge in [0.05, 0.1) is 10.4 Å². The standard InChI is InChI=1S/C13H17NO2S/c1-13(2,3)11-8-9-6-5-7-10(12(9)14-11)17(4,15)16/h5-8,14H,1-4H3. The molecule has 0 fully saturated rings. The molecule has 1 N–H and O–H groups in total. The molecule has 17 heavy (non-hydrogen) atoms. The Morgan fingerprint density at radius 2 is 1.82 bits per heavy atom. The van der Waals surface area contributed by atoms with Gasteiger partial charge in [-0.05, 0) is 12.1 Å². The van der Waals surface area contributed by atoms with E-state index in [2.05, 4.69) is 25.8 Å². The highest BCUT2D eigenvalue weighted by Gasteiger charge is 2.19. The van der Waals surface area contributed by atoms with Crippen LogP contribution in [0.4, 0.5) is 0 Å². The zero-order chi connectivity index (χ0) is 12.8. The van der Waals surface area contributed by atoms with Crippen molar-refractivity contribution in [1.82, 2.24) is 4.98 Å². The Balaban J connectivity index is 2.79. The van der Waals surface area contributed by atoms with E-state index in [1.165, 1.54) is 6.26 Å². The molecule has 0 aliphatic heterocycles. The molecule has 0 atom stereocenters. The zero-order valence-corrected chi connectivity index (χ0v) is 11.4. The summed E-state index contributed by atoms with van der Waals surface area (Å²) in [5.74, 6) is 0. The van der Waals surface area contributed by atoms with Crippen LogP contribution >= 0.6 is 0 Å². The van der Waals surface area contributed by atoms with E-state index >= 15 is 0 Å². The lowest BCUT2D eigenvalue weighted by molar-refractivity contribution is 0.573. The first-order valence-corrected chi connectivity index (χ1v) is 7.41. The molecule has 0 radical (unpaired) electrons. The summed E-state index contributed by atoms with van der Waals surface area (Å²) >= 11 is 0. The number of hydrogen-bond acceptors (Lipinski definition) is 2. The first kappa shape index (κ1) is 12.2. The van der Waals surface area contributed by atoms with Gasteiger partial charge in [-0.1, -0.05) is 32.9 Å². The summed E-state index contributed by atoms with van der Waals surface area (Å²) < 4.78 is 23.4. The average molecular weight is 251 g/mol. The van der Waals surface area contributed by atoms with Gasteiger partial charge in [-0.2, -0.15) is 0 Å². The summed E-state index contributed by atoms with van der Waals surface area (Å²) in [7, 11) is -3.19. The number of H-pyrrole nitrogens is 1. The maximum atomic E-state index is 11.7. The maximum Gasteiger partial charge on any atom is 0.177 e. The zero-order valence-electron chi connectivity index (χ0n) is 10.5. The monoisotopic (exact) mass is 251 g/mol. The third kappa shape index (κ3) is 2.22. The number of aromatic amines is 1. The summed E-state index contributed by atoms with van der Waals surface area (Å²) in [4.78, 5) is 3.60. The second-order valence-electron chi connectivity index (χ2n) is 5.43. The van der Waals surface area contributed by atoms with Gasteiger partial charge in [0.1, 0.15) is 0 Å². The van der Waals surface area contributed by atoms with Crippen LogP contribution in [0.25, 0.3) is 10.9 Å². The summed E-state index contributed by atoms with van der Waals surface area (Å²) in [5.41, 5.74) is 1.73. The lowest BCUT2D eigenvalue weighted by Crippen LogP contribution is -2.11. The van der Waals surface area contributed by atoms with Crippen LogP contribution in [0.5, 0.6) is 0 Å². The van der Waals surface area contributed by atoms with Gasteiger partial charge < -0.3 is 4.98 Å². The minimum Gasteiger partial charge on any atom is -0.357 e. The van der Waals surface area contributed by atoms with Crippen LogP contribution in [0.2, 0.25) is 0 Å². The van der Waals surface area contributed by atoms with Crippen LogP contribution in [-0.4, -0.2) is 19.7 Å². The molecule has 0 aliphatic rings. The van der Waals surface area contributed by atoms with Crippen molar-refractivity contribution in [2.45, 2.75) is 31.1 Å². The number of rotatable bonds is 1. The number of nitrogens with one attached hydrogen (secondary N) is 1. The smallest absolute Gasteiger partial charge is 0.177 e. The molecule has 3 nitrogen and oxygen atoms in total. The molecule has 0 spiro atoms. The molecule has 4 heteroatoms. The van der Waals surface area contributed by atoms with Gasteiger partial charge in [0, 0.05) is 22.8 Å². The molecule has 1 aromatic heterocycles. The van der Waals surface area contributed by atoms with Crippen LogP contribution < -0.4 is 0 Å². The fourth-order valence-electron chi connectivity index (χ4n) is 1.84. The van der Waals surface area contributed by atoms with Gasteiger partial charge in [0.2, 0.25) is 0 Å². The fraction of sp³-hybridized carbons (Fsp3) is 0.385. The molecule has 0 aliphatic carbocycles. The number of aromatic nitrogens is 1. The molecule has 0 bridgehead atoms. The molecule has 0 amide bonds. The molecule has 2 rings (SSSR count). The summed E-state index contributed by atoms with van der Waals surface area (Å²) in [6.45, 7) is 6.29. The third-order valence-corrected chi connectivity index (χ3v) is 3.96. The minimum absolute atomic E-state index is 0.0200. The van der Waals surface area contributed by atoms with Gasteiger partial charge >= 0.3 is 0 Å². The molecule has 0 saturated carbocycles. The van der Waals surface area contributed by atoms with E-state index in [1.54, 1.807) is 12.1 Å². The first-order chi connectivity index (χ1) is 7.69. The van der Waals surface area contributed by atoms with Gasteiger partial charge in [0.25, 0.3) is 0 Å².